The van der Waals surface area contributed by atoms with Crippen molar-refractivity contribution >= 4 is 0 Å². The standard InChI is InChI=1S/C15H26N2O/c1-12-4-5-14(18-12)15(2,3)11-17-9-7-13-6-8-16-10-13/h4-5,13,16-17H,6-11H2,1-3H3. The molecule has 0 aliphatic carbocycles. The first-order chi connectivity index (χ1) is 8.58. The van der Waals surface area contributed by atoms with Gasteiger partial charge in [0.1, 0.15) is 11.5 Å². The minimum Gasteiger partial charge on any atom is -0.466 e. The van der Waals surface area contributed by atoms with Crippen molar-refractivity contribution in [2.24, 2.45) is 5.92 Å². The first-order valence-electron chi connectivity index (χ1n) is 7.06. The van der Waals surface area contributed by atoms with E-state index in [1.54, 1.807) is 0 Å². The summed E-state index contributed by atoms with van der Waals surface area (Å²) >= 11 is 0. The minimum atomic E-state index is 0.0716. The fraction of sp³-hybridized carbons (Fsp3) is 0.733. The predicted molar refractivity (Wildman–Crippen MR) is 74.9 cm³/mol. The van der Waals surface area contributed by atoms with Gasteiger partial charge in [0.05, 0.1) is 0 Å². The van der Waals surface area contributed by atoms with Gasteiger partial charge in [0.15, 0.2) is 0 Å². The highest BCUT2D eigenvalue weighted by molar-refractivity contribution is 5.15. The van der Waals surface area contributed by atoms with Crippen molar-refractivity contribution in [3.63, 3.8) is 0 Å². The molecule has 0 bridgehead atoms. The molecule has 18 heavy (non-hydrogen) atoms. The molecule has 0 amide bonds. The average Bonchev–Trinajstić information content (AvgIpc) is 2.95. The smallest absolute Gasteiger partial charge is 0.111 e. The number of rotatable bonds is 6. The number of hydrogen-bond donors (Lipinski definition) is 2. The second kappa shape index (κ2) is 5.89. The summed E-state index contributed by atoms with van der Waals surface area (Å²) in [5, 5.41) is 6.99. The molecular formula is C15H26N2O. The molecule has 1 aliphatic rings. The van der Waals surface area contributed by atoms with E-state index in [9.17, 15) is 0 Å². The zero-order valence-corrected chi connectivity index (χ0v) is 11.9. The topological polar surface area (TPSA) is 37.2 Å². The quantitative estimate of drug-likeness (QED) is 0.762. The molecule has 3 nitrogen and oxygen atoms in total. The molecule has 1 aromatic rings. The lowest BCUT2D eigenvalue weighted by Crippen LogP contribution is -2.33. The number of hydrogen-bond acceptors (Lipinski definition) is 3. The van der Waals surface area contributed by atoms with Gasteiger partial charge >= 0.3 is 0 Å². The van der Waals surface area contributed by atoms with Gasteiger partial charge in [0.25, 0.3) is 0 Å². The highest BCUT2D eigenvalue weighted by Crippen LogP contribution is 2.24. The van der Waals surface area contributed by atoms with Crippen molar-refractivity contribution in [2.45, 2.75) is 39.0 Å². The van der Waals surface area contributed by atoms with Crippen LogP contribution in [0.3, 0.4) is 0 Å². The Balaban J connectivity index is 1.71. The number of nitrogens with one attached hydrogen (secondary N) is 2. The van der Waals surface area contributed by atoms with E-state index in [2.05, 4.69) is 30.5 Å². The summed E-state index contributed by atoms with van der Waals surface area (Å²) in [6.45, 7) is 10.9. The van der Waals surface area contributed by atoms with E-state index in [0.717, 1.165) is 30.5 Å². The molecule has 0 radical (unpaired) electrons. The van der Waals surface area contributed by atoms with Crippen molar-refractivity contribution in [3.05, 3.63) is 23.7 Å². The van der Waals surface area contributed by atoms with E-state index < -0.39 is 0 Å². The highest BCUT2D eigenvalue weighted by Gasteiger charge is 2.24. The van der Waals surface area contributed by atoms with Crippen molar-refractivity contribution in [2.75, 3.05) is 26.2 Å². The van der Waals surface area contributed by atoms with Gasteiger partial charge in [-0.3, -0.25) is 0 Å². The Hall–Kier alpha value is -0.800. The Bertz CT molecular complexity index is 364. The van der Waals surface area contributed by atoms with E-state index in [0.29, 0.717) is 0 Å². The van der Waals surface area contributed by atoms with Crippen LogP contribution >= 0.6 is 0 Å². The van der Waals surface area contributed by atoms with Crippen molar-refractivity contribution < 1.29 is 4.42 Å². The van der Waals surface area contributed by atoms with E-state index in [1.165, 1.54) is 25.9 Å². The van der Waals surface area contributed by atoms with Crippen LogP contribution in [0.1, 0.15) is 38.2 Å². The lowest BCUT2D eigenvalue weighted by atomic mass is 9.90. The molecule has 0 saturated carbocycles. The minimum absolute atomic E-state index is 0.0716. The van der Waals surface area contributed by atoms with Crippen LogP contribution in [-0.4, -0.2) is 26.2 Å². The maximum atomic E-state index is 5.73. The Labute approximate surface area is 110 Å². The molecule has 1 atom stereocenters. The van der Waals surface area contributed by atoms with Crippen LogP contribution in [-0.2, 0) is 5.41 Å². The van der Waals surface area contributed by atoms with Crippen LogP contribution in [0.5, 0.6) is 0 Å². The summed E-state index contributed by atoms with van der Waals surface area (Å²) < 4.78 is 5.73. The fourth-order valence-electron chi connectivity index (χ4n) is 2.55. The van der Waals surface area contributed by atoms with Crippen LogP contribution in [0.15, 0.2) is 16.5 Å². The molecule has 1 saturated heterocycles. The summed E-state index contributed by atoms with van der Waals surface area (Å²) in [5.74, 6) is 2.94. The second-order valence-corrected chi connectivity index (χ2v) is 6.12. The summed E-state index contributed by atoms with van der Waals surface area (Å²) in [7, 11) is 0. The molecule has 1 unspecified atom stereocenters. The monoisotopic (exact) mass is 250 g/mol. The molecule has 1 fully saturated rings. The van der Waals surface area contributed by atoms with Crippen LogP contribution in [0.4, 0.5) is 0 Å². The van der Waals surface area contributed by atoms with E-state index in [1.807, 2.05) is 13.0 Å². The summed E-state index contributed by atoms with van der Waals surface area (Å²) in [6, 6.07) is 4.14. The van der Waals surface area contributed by atoms with Gasteiger partial charge in [0.2, 0.25) is 0 Å². The zero-order valence-electron chi connectivity index (χ0n) is 11.9. The van der Waals surface area contributed by atoms with E-state index >= 15 is 0 Å². The Kier molecular flexibility index (Phi) is 4.46. The van der Waals surface area contributed by atoms with Crippen molar-refractivity contribution in [1.82, 2.24) is 10.6 Å². The molecule has 2 N–H and O–H groups in total. The highest BCUT2D eigenvalue weighted by atomic mass is 16.3. The predicted octanol–water partition coefficient (Wildman–Crippen LogP) is 2.45. The molecule has 2 heterocycles. The Morgan fingerprint density at radius 1 is 1.44 bits per heavy atom. The summed E-state index contributed by atoms with van der Waals surface area (Å²) in [5.41, 5.74) is 0.0716. The molecule has 102 valence electrons. The van der Waals surface area contributed by atoms with Crippen LogP contribution in [0.25, 0.3) is 0 Å². The summed E-state index contributed by atoms with van der Waals surface area (Å²) in [4.78, 5) is 0. The molecular weight excluding hydrogens is 224 g/mol. The SMILES string of the molecule is Cc1ccc(C(C)(C)CNCCC2CCNC2)o1. The molecule has 0 aromatic carbocycles. The van der Waals surface area contributed by atoms with Gasteiger partial charge in [-0.15, -0.1) is 0 Å². The van der Waals surface area contributed by atoms with Crippen LogP contribution in [0, 0.1) is 12.8 Å². The molecule has 3 heteroatoms. The van der Waals surface area contributed by atoms with Crippen molar-refractivity contribution in [1.29, 1.82) is 0 Å². The third kappa shape index (κ3) is 3.59. The van der Waals surface area contributed by atoms with Gasteiger partial charge < -0.3 is 15.1 Å². The summed E-state index contributed by atoms with van der Waals surface area (Å²) in [6.07, 6.45) is 2.61. The largest absolute Gasteiger partial charge is 0.466 e. The maximum absolute atomic E-state index is 5.73. The van der Waals surface area contributed by atoms with Gasteiger partial charge in [-0.05, 0) is 57.5 Å². The molecule has 1 aliphatic heterocycles. The van der Waals surface area contributed by atoms with Crippen LogP contribution < -0.4 is 10.6 Å². The number of aryl methyl sites for hydroxylation is 1. The van der Waals surface area contributed by atoms with Crippen LogP contribution in [0.2, 0.25) is 0 Å². The third-order valence-corrected chi connectivity index (χ3v) is 3.87. The molecule has 1 aromatic heterocycles. The molecule has 2 rings (SSSR count). The van der Waals surface area contributed by atoms with E-state index in [-0.39, 0.29) is 5.41 Å². The fourth-order valence-corrected chi connectivity index (χ4v) is 2.55. The third-order valence-electron chi connectivity index (χ3n) is 3.87. The lowest BCUT2D eigenvalue weighted by Gasteiger charge is -2.23. The van der Waals surface area contributed by atoms with Gasteiger partial charge in [-0.1, -0.05) is 13.8 Å². The normalized spacial score (nSPS) is 20.5. The van der Waals surface area contributed by atoms with E-state index in [4.69, 9.17) is 4.42 Å². The molecule has 0 spiro atoms. The first kappa shape index (κ1) is 13.6. The second-order valence-electron chi connectivity index (χ2n) is 6.12. The zero-order chi connectivity index (χ0) is 13.0. The average molecular weight is 250 g/mol. The lowest BCUT2D eigenvalue weighted by molar-refractivity contribution is 0.352. The van der Waals surface area contributed by atoms with Gasteiger partial charge in [-0.2, -0.15) is 0 Å². The Morgan fingerprint density at radius 3 is 2.89 bits per heavy atom. The number of furan rings is 1. The van der Waals surface area contributed by atoms with Crippen molar-refractivity contribution in [3.8, 4) is 0 Å². The Morgan fingerprint density at radius 2 is 2.28 bits per heavy atom. The van der Waals surface area contributed by atoms with Gasteiger partial charge in [0, 0.05) is 12.0 Å². The van der Waals surface area contributed by atoms with Gasteiger partial charge in [-0.25, -0.2) is 0 Å². The first-order valence-corrected chi connectivity index (χ1v) is 7.06. The maximum Gasteiger partial charge on any atom is 0.111 e.